The van der Waals surface area contributed by atoms with E-state index in [1.54, 1.807) is 0 Å². The van der Waals surface area contributed by atoms with Crippen LogP contribution >= 0.6 is 0 Å². The maximum Gasteiger partial charge on any atom is 0.673 e. The SMILES string of the molecule is CCCCCCCCCCn1cc[n+](C)c1.CCCCCCCCCCn1cc[n+](C)c1.F[B-](F)(F)F.F[B-](F)(F)F. The maximum atomic E-state index is 9.75. The molecule has 0 fully saturated rings. The Hall–Kier alpha value is -2.01. The van der Waals surface area contributed by atoms with Gasteiger partial charge in [0.1, 0.15) is 24.8 Å². The van der Waals surface area contributed by atoms with Gasteiger partial charge in [0.15, 0.2) is 0 Å². The van der Waals surface area contributed by atoms with Crippen LogP contribution in [-0.4, -0.2) is 23.6 Å². The molecule has 248 valence electrons. The summed E-state index contributed by atoms with van der Waals surface area (Å²) >= 11 is 0. The van der Waals surface area contributed by atoms with E-state index >= 15 is 0 Å². The summed E-state index contributed by atoms with van der Waals surface area (Å²) in [5.74, 6) is 0. The average molecular weight is 620 g/mol. The highest BCUT2D eigenvalue weighted by Gasteiger charge is 2.21. The van der Waals surface area contributed by atoms with Gasteiger partial charge in [0, 0.05) is 0 Å². The molecule has 2 aromatic rings. The molecule has 0 saturated carbocycles. The van der Waals surface area contributed by atoms with E-state index in [4.69, 9.17) is 0 Å². The van der Waals surface area contributed by atoms with E-state index in [9.17, 15) is 34.5 Å². The number of aryl methyl sites for hydroxylation is 4. The average Bonchev–Trinajstić information content (AvgIpc) is 3.48. The van der Waals surface area contributed by atoms with E-state index in [1.807, 2.05) is 0 Å². The summed E-state index contributed by atoms with van der Waals surface area (Å²) in [6.07, 6.45) is 35.2. The van der Waals surface area contributed by atoms with Gasteiger partial charge in [-0.05, 0) is 25.7 Å². The number of imidazole rings is 2. The smallest absolute Gasteiger partial charge is 0.418 e. The van der Waals surface area contributed by atoms with Crippen LogP contribution in [0.5, 0.6) is 0 Å². The summed E-state index contributed by atoms with van der Waals surface area (Å²) in [5, 5.41) is 0. The van der Waals surface area contributed by atoms with Gasteiger partial charge in [0.25, 0.3) is 0 Å². The Kier molecular flexibility index (Phi) is 26.7. The van der Waals surface area contributed by atoms with Crippen molar-refractivity contribution in [3.63, 3.8) is 0 Å². The fourth-order valence-corrected chi connectivity index (χ4v) is 4.12. The Morgan fingerprint density at radius 3 is 0.905 bits per heavy atom. The van der Waals surface area contributed by atoms with Crippen LogP contribution in [0.2, 0.25) is 0 Å². The van der Waals surface area contributed by atoms with E-state index in [0.717, 1.165) is 0 Å². The molecule has 0 spiro atoms. The summed E-state index contributed by atoms with van der Waals surface area (Å²) in [5.41, 5.74) is 0. The second-order valence-electron chi connectivity index (χ2n) is 10.6. The van der Waals surface area contributed by atoms with Crippen LogP contribution in [-0.2, 0) is 27.2 Å². The van der Waals surface area contributed by atoms with E-state index < -0.39 is 14.5 Å². The Labute approximate surface area is 248 Å². The predicted octanol–water partition coefficient (Wildman–Crippen LogP) is 9.51. The first-order valence-corrected chi connectivity index (χ1v) is 15.4. The van der Waals surface area contributed by atoms with Gasteiger partial charge in [-0.1, -0.05) is 90.9 Å². The first-order chi connectivity index (χ1) is 19.7. The highest BCUT2D eigenvalue weighted by molar-refractivity contribution is 6.50. The molecular formula is C28H54B2F8N4. The molecule has 0 bridgehead atoms. The Morgan fingerprint density at radius 2 is 0.690 bits per heavy atom. The van der Waals surface area contributed by atoms with Crippen molar-refractivity contribution < 1.29 is 43.7 Å². The summed E-state index contributed by atoms with van der Waals surface area (Å²) in [7, 11) is -7.85. The second kappa shape index (κ2) is 26.6. The van der Waals surface area contributed by atoms with E-state index in [0.29, 0.717) is 0 Å². The third-order valence-corrected chi connectivity index (χ3v) is 6.19. The number of rotatable bonds is 18. The number of nitrogens with zero attached hydrogens (tertiary/aromatic N) is 4. The van der Waals surface area contributed by atoms with Gasteiger partial charge in [-0.2, -0.15) is 0 Å². The molecule has 0 atom stereocenters. The quantitative estimate of drug-likeness (QED) is 0.0684. The molecule has 0 radical (unpaired) electrons. The van der Waals surface area contributed by atoms with Crippen LogP contribution in [0.25, 0.3) is 0 Å². The molecule has 0 aromatic carbocycles. The minimum atomic E-state index is -6.00. The van der Waals surface area contributed by atoms with Crippen LogP contribution < -0.4 is 9.13 Å². The van der Waals surface area contributed by atoms with Gasteiger partial charge in [0.2, 0.25) is 12.7 Å². The number of unbranched alkanes of at least 4 members (excludes halogenated alkanes) is 14. The highest BCUT2D eigenvalue weighted by Crippen LogP contribution is 2.10. The Bertz CT molecular complexity index is 762. The Morgan fingerprint density at radius 1 is 0.452 bits per heavy atom. The highest BCUT2D eigenvalue weighted by atomic mass is 19.5. The topological polar surface area (TPSA) is 17.6 Å². The first-order valence-electron chi connectivity index (χ1n) is 15.4. The predicted molar refractivity (Wildman–Crippen MR) is 157 cm³/mol. The largest absolute Gasteiger partial charge is 0.673 e. The number of hydrogen-bond donors (Lipinski definition) is 0. The van der Waals surface area contributed by atoms with E-state index in [1.165, 1.54) is 116 Å². The molecule has 0 unspecified atom stereocenters. The minimum Gasteiger partial charge on any atom is -0.418 e. The third-order valence-electron chi connectivity index (χ3n) is 6.19. The molecular weight excluding hydrogens is 566 g/mol. The third kappa shape index (κ3) is 40.1. The van der Waals surface area contributed by atoms with Gasteiger partial charge in [0.05, 0.1) is 27.2 Å². The zero-order chi connectivity index (χ0) is 32.3. The van der Waals surface area contributed by atoms with Crippen LogP contribution in [0.15, 0.2) is 37.4 Å². The lowest BCUT2D eigenvalue weighted by atomic mass is 10.1. The summed E-state index contributed by atoms with van der Waals surface area (Å²) < 4.78 is 86.8. The molecule has 0 saturated heterocycles. The van der Waals surface area contributed by atoms with Crippen molar-refractivity contribution in [2.24, 2.45) is 14.1 Å². The molecule has 42 heavy (non-hydrogen) atoms. The standard InChI is InChI=1S/2C14H27N2.2BF4/c2*1-3-4-5-6-7-8-9-10-11-16-13-12-15(2)14-16;2*2-1(3,4)5/h2*12-14H,3-11H2,1-2H3;;/q2*+1;2*-1. The Balaban J connectivity index is 0. The molecule has 0 aliphatic carbocycles. The minimum absolute atomic E-state index is 1.18. The fourth-order valence-electron chi connectivity index (χ4n) is 4.12. The van der Waals surface area contributed by atoms with Gasteiger partial charge < -0.3 is 34.5 Å². The van der Waals surface area contributed by atoms with Crippen molar-refractivity contribution in [3.05, 3.63) is 37.4 Å². The maximum absolute atomic E-state index is 9.75. The van der Waals surface area contributed by atoms with Crippen molar-refractivity contribution >= 4 is 14.5 Å². The summed E-state index contributed by atoms with van der Waals surface area (Å²) in [6, 6.07) is 0. The zero-order valence-electron chi connectivity index (χ0n) is 26.2. The molecule has 0 aliphatic rings. The lowest BCUT2D eigenvalue weighted by molar-refractivity contribution is -0.671. The van der Waals surface area contributed by atoms with Crippen molar-refractivity contribution in [3.8, 4) is 0 Å². The monoisotopic (exact) mass is 620 g/mol. The molecule has 2 heterocycles. The van der Waals surface area contributed by atoms with Gasteiger partial charge >= 0.3 is 14.5 Å². The number of aromatic nitrogens is 4. The van der Waals surface area contributed by atoms with Crippen LogP contribution in [0.1, 0.15) is 117 Å². The molecule has 0 amide bonds. The van der Waals surface area contributed by atoms with Crippen LogP contribution in [0.3, 0.4) is 0 Å². The van der Waals surface area contributed by atoms with Crippen molar-refractivity contribution in [1.29, 1.82) is 0 Å². The van der Waals surface area contributed by atoms with Crippen molar-refractivity contribution in [2.75, 3.05) is 0 Å². The van der Waals surface area contributed by atoms with E-state index in [-0.39, 0.29) is 0 Å². The first kappa shape index (κ1) is 42.1. The normalized spacial score (nSPS) is 11.1. The molecule has 14 heteroatoms. The molecule has 0 N–H and O–H groups in total. The van der Waals surface area contributed by atoms with E-state index in [2.05, 4.69) is 83.7 Å². The van der Waals surface area contributed by atoms with Gasteiger partial charge in [-0.3, -0.25) is 0 Å². The zero-order valence-corrected chi connectivity index (χ0v) is 26.2. The fraction of sp³-hybridized carbons (Fsp3) is 0.786. The number of hydrogen-bond acceptors (Lipinski definition) is 0. The van der Waals surface area contributed by atoms with Crippen molar-refractivity contribution in [1.82, 2.24) is 9.13 Å². The second-order valence-corrected chi connectivity index (χ2v) is 10.6. The molecule has 2 aromatic heterocycles. The lowest BCUT2D eigenvalue weighted by Gasteiger charge is -2.00. The molecule has 2 rings (SSSR count). The van der Waals surface area contributed by atoms with Crippen molar-refractivity contribution in [2.45, 2.75) is 130 Å². The van der Waals surface area contributed by atoms with Gasteiger partial charge in [-0.25, -0.2) is 18.3 Å². The van der Waals surface area contributed by atoms with Crippen LogP contribution in [0.4, 0.5) is 34.5 Å². The molecule has 4 nitrogen and oxygen atoms in total. The summed E-state index contributed by atoms with van der Waals surface area (Å²) in [4.78, 5) is 0. The van der Waals surface area contributed by atoms with Gasteiger partial charge in [-0.15, -0.1) is 0 Å². The molecule has 0 aliphatic heterocycles. The summed E-state index contributed by atoms with van der Waals surface area (Å²) in [6.45, 7) is 6.90. The number of halogens is 8. The lowest BCUT2D eigenvalue weighted by Crippen LogP contribution is -2.23. The van der Waals surface area contributed by atoms with Crippen LogP contribution in [0, 0.1) is 0 Å².